The number of halogens is 26. The average Bonchev–Trinajstić information content (AvgIpc) is 2.98. The summed E-state index contributed by atoms with van der Waals surface area (Å²) in [7, 11) is 0.390. The summed E-state index contributed by atoms with van der Waals surface area (Å²) in [5, 5.41) is 0. The van der Waals surface area contributed by atoms with Gasteiger partial charge in [-0.15, -0.1) is 0 Å². The normalized spacial score (nSPS) is 15.7. The zero-order valence-corrected chi connectivity index (χ0v) is 24.9. The van der Waals surface area contributed by atoms with Crippen LogP contribution in [0, 0.1) is 0 Å². The number of rotatable bonds is 13. The highest BCUT2D eigenvalue weighted by Crippen LogP contribution is 2.64. The first kappa shape index (κ1) is 45.5. The molecule has 0 unspecified atom stereocenters. The number of hydrogen-bond acceptors (Lipinski definition) is 2. The van der Waals surface area contributed by atoms with Gasteiger partial charge in [0, 0.05) is 20.9 Å². The molecule has 0 saturated carbocycles. The van der Waals surface area contributed by atoms with Crippen molar-refractivity contribution in [3.63, 3.8) is 0 Å². The lowest BCUT2D eigenvalue weighted by atomic mass is 9.90. The fraction of sp³-hybridized carbons (Fsp3) is 0.500. The van der Waals surface area contributed by atoms with Crippen LogP contribution in [0.5, 0.6) is 0 Å². The van der Waals surface area contributed by atoms with Gasteiger partial charge in [0.1, 0.15) is 0 Å². The summed E-state index contributed by atoms with van der Waals surface area (Å²) in [5.41, 5.74) is -4.78. The Morgan fingerprint density at radius 2 is 0.442 bits per heavy atom. The van der Waals surface area contributed by atoms with Gasteiger partial charge in [-0.2, -0.15) is 114 Å². The molecule has 0 heterocycles. The largest absolute Gasteiger partial charge is 0.460 e. The number of benzene rings is 2. The Kier molecular flexibility index (Phi) is 11.3. The van der Waals surface area contributed by atoms with Gasteiger partial charge in [0.2, 0.25) is 0 Å². The molecule has 298 valence electrons. The first-order valence-corrected chi connectivity index (χ1v) is 14.3. The minimum atomic E-state index is -8.17. The van der Waals surface area contributed by atoms with Crippen molar-refractivity contribution in [1.29, 1.82) is 0 Å². The zero-order chi connectivity index (χ0) is 41.4. The first-order chi connectivity index (χ1) is 22.7. The molecule has 0 aliphatic carbocycles. The molecule has 0 aliphatic heterocycles. The van der Waals surface area contributed by atoms with Crippen molar-refractivity contribution in [2.45, 2.75) is 81.4 Å². The summed E-state index contributed by atoms with van der Waals surface area (Å²) in [6.07, 6.45) is -15.3. The van der Waals surface area contributed by atoms with Crippen molar-refractivity contribution < 1.29 is 114 Å². The van der Waals surface area contributed by atoms with E-state index in [0.717, 1.165) is 0 Å². The van der Waals surface area contributed by atoms with E-state index in [9.17, 15) is 114 Å². The quantitative estimate of drug-likeness (QED) is 0.145. The molecule has 0 radical (unpaired) electrons. The Morgan fingerprint density at radius 3 is 0.635 bits per heavy atom. The fourth-order valence-corrected chi connectivity index (χ4v) is 5.37. The lowest BCUT2D eigenvalue weighted by Gasteiger charge is -2.39. The highest BCUT2D eigenvalue weighted by atomic mass is 33.1. The van der Waals surface area contributed by atoms with Gasteiger partial charge in [-0.3, -0.25) is 0 Å². The van der Waals surface area contributed by atoms with E-state index < -0.39 is 92.5 Å². The van der Waals surface area contributed by atoms with E-state index in [4.69, 9.17) is 0 Å². The highest BCUT2D eigenvalue weighted by Gasteiger charge is 2.92. The second-order valence-electron chi connectivity index (χ2n) is 9.95. The summed E-state index contributed by atoms with van der Waals surface area (Å²) in [6.45, 7) is 0. The smallest absolute Gasteiger partial charge is 0.194 e. The van der Waals surface area contributed by atoms with Gasteiger partial charge in [0.15, 0.2) is 0 Å². The first-order valence-electron chi connectivity index (χ1n) is 12.1. The predicted molar refractivity (Wildman–Crippen MR) is 124 cm³/mol. The second-order valence-corrected chi connectivity index (χ2v) is 12.2. The summed E-state index contributed by atoms with van der Waals surface area (Å²) in [4.78, 5) is -0.996. The van der Waals surface area contributed by atoms with Crippen LogP contribution in [0.15, 0.2) is 58.3 Å². The van der Waals surface area contributed by atoms with E-state index in [-0.39, 0.29) is 70.1 Å². The molecule has 0 N–H and O–H groups in total. The third-order valence-corrected chi connectivity index (χ3v) is 8.95. The average molecular weight is 854 g/mol. The molecule has 0 nitrogen and oxygen atoms in total. The molecule has 28 heteroatoms. The molecule has 0 fully saturated rings. The van der Waals surface area contributed by atoms with Gasteiger partial charge >= 0.3 is 71.6 Å². The number of alkyl halides is 26. The van der Waals surface area contributed by atoms with Crippen molar-refractivity contribution in [2.75, 3.05) is 0 Å². The highest BCUT2D eigenvalue weighted by molar-refractivity contribution is 8.76. The van der Waals surface area contributed by atoms with E-state index in [2.05, 4.69) is 0 Å². The minimum Gasteiger partial charge on any atom is -0.194 e. The van der Waals surface area contributed by atoms with Crippen LogP contribution in [0.4, 0.5) is 114 Å². The Hall–Kier alpha value is -2.68. The summed E-state index contributed by atoms with van der Waals surface area (Å²) < 4.78 is 347. The standard InChI is InChI=1S/C24H8F26S2/c25-13(26,15(29,30)17(33,34)19(37,38)21(41,42)23(45,46)47)9-1-5-11(6-2-9)51-52-12-7-3-10(4-8-12)14(27,28)16(31,32)18(35,36)20(39,40)22(43,44)24(48,49)50/h1-8H. The van der Waals surface area contributed by atoms with Crippen molar-refractivity contribution in [3.05, 3.63) is 59.7 Å². The van der Waals surface area contributed by atoms with E-state index >= 15 is 0 Å². The van der Waals surface area contributed by atoms with Crippen molar-refractivity contribution in [2.24, 2.45) is 0 Å². The molecular weight excluding hydrogens is 846 g/mol. The molecule has 0 aromatic heterocycles. The molecule has 2 aromatic rings. The topological polar surface area (TPSA) is 0 Å². The molecular formula is C24H8F26S2. The Morgan fingerprint density at radius 1 is 0.250 bits per heavy atom. The van der Waals surface area contributed by atoms with Crippen LogP contribution in [0.2, 0.25) is 0 Å². The SMILES string of the molecule is FC(F)(F)C(F)(F)C(F)(F)C(F)(F)C(F)(F)C(F)(F)c1ccc(SSc2ccc(C(F)(F)C(F)(F)C(F)(F)C(F)(F)C(F)(F)C(F)(F)F)cc2)cc1. The molecule has 0 saturated heterocycles. The van der Waals surface area contributed by atoms with Crippen molar-refractivity contribution in [3.8, 4) is 0 Å². The van der Waals surface area contributed by atoms with Crippen LogP contribution in [0.25, 0.3) is 0 Å². The van der Waals surface area contributed by atoms with Crippen LogP contribution < -0.4 is 0 Å². The number of hydrogen-bond donors (Lipinski definition) is 0. The van der Waals surface area contributed by atoms with Crippen molar-refractivity contribution >= 4 is 21.6 Å². The fourth-order valence-electron chi connectivity index (χ4n) is 3.44. The van der Waals surface area contributed by atoms with Gasteiger partial charge < -0.3 is 0 Å². The van der Waals surface area contributed by atoms with Crippen LogP contribution in [-0.2, 0) is 11.8 Å². The molecule has 2 aromatic carbocycles. The second kappa shape index (κ2) is 13.0. The zero-order valence-electron chi connectivity index (χ0n) is 23.3. The summed E-state index contributed by atoms with van der Waals surface area (Å²) in [6, 6.07) is -0.0691. The van der Waals surface area contributed by atoms with Gasteiger partial charge in [0.05, 0.1) is 0 Å². The van der Waals surface area contributed by atoms with Crippen molar-refractivity contribution in [1.82, 2.24) is 0 Å². The molecule has 0 atom stereocenters. The molecule has 0 aliphatic rings. The lowest BCUT2D eigenvalue weighted by molar-refractivity contribution is -0.441. The lowest BCUT2D eigenvalue weighted by Crippen LogP contribution is -2.69. The summed E-state index contributed by atoms with van der Waals surface area (Å²) in [5.74, 6) is -77.0. The Labute approximate surface area is 277 Å². The molecule has 0 spiro atoms. The maximum Gasteiger partial charge on any atom is 0.460 e. The van der Waals surface area contributed by atoms with Crippen LogP contribution in [-0.4, -0.2) is 59.7 Å². The van der Waals surface area contributed by atoms with Gasteiger partial charge in [0.25, 0.3) is 0 Å². The summed E-state index contributed by atoms with van der Waals surface area (Å²) >= 11 is 0. The van der Waals surface area contributed by atoms with Crippen LogP contribution in [0.3, 0.4) is 0 Å². The monoisotopic (exact) mass is 854 g/mol. The third-order valence-electron chi connectivity index (χ3n) is 6.53. The predicted octanol–water partition coefficient (Wildman–Crippen LogP) is 12.9. The van der Waals surface area contributed by atoms with E-state index in [1.54, 1.807) is 0 Å². The molecule has 0 bridgehead atoms. The molecule has 2 rings (SSSR count). The van der Waals surface area contributed by atoms with Crippen LogP contribution in [0.1, 0.15) is 11.1 Å². The van der Waals surface area contributed by atoms with Gasteiger partial charge in [-0.25, -0.2) is 0 Å². The maximum absolute atomic E-state index is 14.3. The third kappa shape index (κ3) is 6.57. The minimum absolute atomic E-state index is 0.195. The van der Waals surface area contributed by atoms with E-state index in [1.807, 2.05) is 0 Å². The maximum atomic E-state index is 14.3. The van der Waals surface area contributed by atoms with E-state index in [0.29, 0.717) is 0 Å². The van der Waals surface area contributed by atoms with Crippen LogP contribution >= 0.6 is 21.6 Å². The Balaban J connectivity index is 2.32. The van der Waals surface area contributed by atoms with Gasteiger partial charge in [-0.05, 0) is 24.3 Å². The van der Waals surface area contributed by atoms with E-state index in [1.165, 1.54) is 0 Å². The molecule has 0 amide bonds. The molecule has 52 heavy (non-hydrogen) atoms. The Bertz CT molecular complexity index is 1430. The van der Waals surface area contributed by atoms with Gasteiger partial charge in [-0.1, -0.05) is 45.9 Å².